The molecule has 0 aliphatic heterocycles. The lowest BCUT2D eigenvalue weighted by Crippen LogP contribution is -1.90. The first-order valence-electron chi connectivity index (χ1n) is 4.60. The van der Waals surface area contributed by atoms with Gasteiger partial charge in [-0.3, -0.25) is 0 Å². The number of aromatic nitrogens is 1. The molecule has 17 heavy (non-hydrogen) atoms. The first-order chi connectivity index (χ1) is 8.06. The van der Waals surface area contributed by atoms with Crippen LogP contribution in [0.5, 0.6) is 0 Å². The molecule has 0 atom stereocenters. The minimum Gasteiger partial charge on any atom is -0.397 e. The van der Waals surface area contributed by atoms with Gasteiger partial charge in [-0.25, -0.2) is 13.8 Å². The number of halogens is 3. The van der Waals surface area contributed by atoms with E-state index in [1.165, 1.54) is 24.4 Å². The van der Waals surface area contributed by atoms with E-state index in [-0.39, 0.29) is 4.90 Å². The Labute approximate surface area is 106 Å². The molecule has 2 N–H and O–H groups in total. The maximum Gasteiger partial charge on any atom is 0.140 e. The number of benzene rings is 1. The fraction of sp³-hybridized carbons (Fsp3) is 0. The molecule has 1 aromatic carbocycles. The van der Waals surface area contributed by atoms with Crippen molar-refractivity contribution in [2.45, 2.75) is 9.92 Å². The van der Waals surface area contributed by atoms with Crippen molar-refractivity contribution in [1.29, 1.82) is 0 Å². The summed E-state index contributed by atoms with van der Waals surface area (Å²) in [7, 11) is 0. The van der Waals surface area contributed by atoms with E-state index in [1.54, 1.807) is 0 Å². The summed E-state index contributed by atoms with van der Waals surface area (Å²) < 4.78 is 26.1. The second kappa shape index (κ2) is 4.89. The normalized spacial score (nSPS) is 10.5. The molecule has 0 radical (unpaired) electrons. The Balaban J connectivity index is 2.31. The highest BCUT2D eigenvalue weighted by atomic mass is 35.5. The largest absolute Gasteiger partial charge is 0.397 e. The van der Waals surface area contributed by atoms with E-state index in [2.05, 4.69) is 4.98 Å². The third kappa shape index (κ3) is 2.87. The van der Waals surface area contributed by atoms with E-state index < -0.39 is 11.6 Å². The minimum atomic E-state index is -0.648. The Morgan fingerprint density at radius 1 is 1.24 bits per heavy atom. The summed E-state index contributed by atoms with van der Waals surface area (Å²) >= 11 is 6.92. The average Bonchev–Trinajstić information content (AvgIpc) is 2.25. The van der Waals surface area contributed by atoms with Crippen LogP contribution in [0.2, 0.25) is 5.02 Å². The first kappa shape index (κ1) is 12.1. The van der Waals surface area contributed by atoms with Crippen molar-refractivity contribution >= 4 is 29.1 Å². The number of nitrogen functional groups attached to an aromatic ring is 1. The van der Waals surface area contributed by atoms with Crippen LogP contribution in [0.4, 0.5) is 14.5 Å². The van der Waals surface area contributed by atoms with Crippen molar-refractivity contribution in [3.63, 3.8) is 0 Å². The second-order valence-electron chi connectivity index (χ2n) is 3.23. The summed E-state index contributed by atoms with van der Waals surface area (Å²) in [5.41, 5.74) is 5.92. The summed E-state index contributed by atoms with van der Waals surface area (Å²) in [6, 6.07) is 4.85. The number of hydrogen-bond acceptors (Lipinski definition) is 3. The van der Waals surface area contributed by atoms with Crippen molar-refractivity contribution in [2.75, 3.05) is 5.73 Å². The van der Waals surface area contributed by atoms with Crippen LogP contribution in [0.1, 0.15) is 0 Å². The van der Waals surface area contributed by atoms with E-state index in [0.29, 0.717) is 15.7 Å². The van der Waals surface area contributed by atoms with Crippen LogP contribution in [0.25, 0.3) is 0 Å². The van der Waals surface area contributed by atoms with Gasteiger partial charge in [-0.1, -0.05) is 23.4 Å². The molecule has 0 saturated heterocycles. The zero-order valence-electron chi connectivity index (χ0n) is 8.45. The molecule has 2 aromatic rings. The molecule has 2 rings (SSSR count). The van der Waals surface area contributed by atoms with E-state index >= 15 is 0 Å². The van der Waals surface area contributed by atoms with E-state index in [9.17, 15) is 8.78 Å². The summed E-state index contributed by atoms with van der Waals surface area (Å²) in [5, 5.41) is 0.755. The van der Waals surface area contributed by atoms with Crippen LogP contribution in [0.3, 0.4) is 0 Å². The van der Waals surface area contributed by atoms with Crippen molar-refractivity contribution in [3.05, 3.63) is 47.1 Å². The number of hydrogen-bond donors (Lipinski definition) is 1. The topological polar surface area (TPSA) is 38.9 Å². The van der Waals surface area contributed by atoms with E-state index in [4.69, 9.17) is 17.3 Å². The number of rotatable bonds is 2. The van der Waals surface area contributed by atoms with Gasteiger partial charge in [-0.2, -0.15) is 0 Å². The number of anilines is 1. The van der Waals surface area contributed by atoms with Crippen molar-refractivity contribution in [3.8, 4) is 0 Å². The molecule has 0 amide bonds. The lowest BCUT2D eigenvalue weighted by molar-refractivity contribution is 0.565. The molecule has 0 aliphatic carbocycles. The van der Waals surface area contributed by atoms with Gasteiger partial charge in [0.25, 0.3) is 0 Å². The smallest absolute Gasteiger partial charge is 0.140 e. The highest BCUT2D eigenvalue weighted by Crippen LogP contribution is 2.33. The van der Waals surface area contributed by atoms with Crippen LogP contribution < -0.4 is 5.73 Å². The molecular weight excluding hydrogens is 266 g/mol. The van der Waals surface area contributed by atoms with Gasteiger partial charge in [0.15, 0.2) is 0 Å². The highest BCUT2D eigenvalue weighted by Gasteiger charge is 2.09. The quantitative estimate of drug-likeness (QED) is 0.905. The van der Waals surface area contributed by atoms with Gasteiger partial charge in [0, 0.05) is 11.0 Å². The number of pyridine rings is 1. The Kier molecular flexibility index (Phi) is 3.49. The zero-order valence-corrected chi connectivity index (χ0v) is 10.0. The fourth-order valence-corrected chi connectivity index (χ4v) is 2.23. The molecule has 1 aromatic heterocycles. The van der Waals surface area contributed by atoms with Gasteiger partial charge < -0.3 is 5.73 Å². The van der Waals surface area contributed by atoms with Gasteiger partial charge in [-0.05, 0) is 18.2 Å². The molecular formula is C11H7ClF2N2S. The average molecular weight is 273 g/mol. The Morgan fingerprint density at radius 2 is 2.00 bits per heavy atom. The van der Waals surface area contributed by atoms with Crippen LogP contribution >= 0.6 is 23.4 Å². The number of nitrogens with two attached hydrogens (primary N) is 1. The molecule has 0 unspecified atom stereocenters. The lowest BCUT2D eigenvalue weighted by Gasteiger charge is -2.05. The predicted molar refractivity (Wildman–Crippen MR) is 64.1 cm³/mol. The molecule has 6 heteroatoms. The second-order valence-corrected chi connectivity index (χ2v) is 4.67. The molecule has 2 nitrogen and oxygen atoms in total. The van der Waals surface area contributed by atoms with Crippen LogP contribution in [-0.4, -0.2) is 4.98 Å². The number of nitrogens with zero attached hydrogens (tertiary/aromatic N) is 1. The van der Waals surface area contributed by atoms with Crippen LogP contribution in [0, 0.1) is 11.6 Å². The van der Waals surface area contributed by atoms with Crippen molar-refractivity contribution in [1.82, 2.24) is 4.98 Å². The molecule has 88 valence electrons. The maximum absolute atomic E-state index is 13.4. The van der Waals surface area contributed by atoms with Crippen molar-refractivity contribution in [2.24, 2.45) is 0 Å². The molecule has 1 heterocycles. The van der Waals surface area contributed by atoms with Gasteiger partial charge >= 0.3 is 0 Å². The predicted octanol–water partition coefficient (Wildman–Crippen LogP) is 3.75. The highest BCUT2D eigenvalue weighted by molar-refractivity contribution is 7.99. The summed E-state index contributed by atoms with van der Waals surface area (Å²) in [5.74, 6) is -1.27. The van der Waals surface area contributed by atoms with Gasteiger partial charge in [0.1, 0.15) is 16.7 Å². The zero-order chi connectivity index (χ0) is 12.4. The Bertz CT molecular complexity index is 514. The molecule has 0 saturated carbocycles. The molecule has 0 aliphatic rings. The summed E-state index contributed by atoms with van der Waals surface area (Å²) in [4.78, 5) is 4.24. The van der Waals surface area contributed by atoms with Crippen LogP contribution in [-0.2, 0) is 0 Å². The van der Waals surface area contributed by atoms with Gasteiger partial charge in [-0.15, -0.1) is 0 Å². The van der Waals surface area contributed by atoms with Gasteiger partial charge in [0.05, 0.1) is 16.9 Å². The third-order valence-corrected chi connectivity index (χ3v) is 3.40. The van der Waals surface area contributed by atoms with E-state index in [0.717, 1.165) is 17.8 Å². The Morgan fingerprint density at radius 3 is 2.65 bits per heavy atom. The van der Waals surface area contributed by atoms with Crippen LogP contribution in [0.15, 0.2) is 40.4 Å². The lowest BCUT2D eigenvalue weighted by atomic mass is 10.3. The van der Waals surface area contributed by atoms with Crippen molar-refractivity contribution < 1.29 is 8.78 Å². The maximum atomic E-state index is 13.4. The molecule has 0 spiro atoms. The van der Waals surface area contributed by atoms with E-state index in [1.807, 2.05) is 0 Å². The summed E-state index contributed by atoms with van der Waals surface area (Å²) in [6.45, 7) is 0. The minimum absolute atomic E-state index is 0.255. The first-order valence-corrected chi connectivity index (χ1v) is 5.79. The fourth-order valence-electron chi connectivity index (χ4n) is 1.18. The monoisotopic (exact) mass is 272 g/mol. The SMILES string of the molecule is Nc1cnc(Sc2ccc(F)cc2F)c(Cl)c1. The molecule has 0 fully saturated rings. The summed E-state index contributed by atoms with van der Waals surface area (Å²) in [6.07, 6.45) is 1.43. The van der Waals surface area contributed by atoms with Gasteiger partial charge in [0.2, 0.25) is 0 Å². The Hall–Kier alpha value is -1.33. The standard InChI is InChI=1S/C11H7ClF2N2S/c12-8-4-7(15)5-16-11(8)17-10-2-1-6(13)3-9(10)14/h1-5H,15H2. The molecule has 0 bridgehead atoms. The third-order valence-electron chi connectivity index (χ3n) is 1.93.